The van der Waals surface area contributed by atoms with E-state index < -0.39 is 172 Å². The molecule has 1 aliphatic carbocycles. The Balaban J connectivity index is 1.30. The van der Waals surface area contributed by atoms with E-state index in [1.807, 2.05) is 46.8 Å². The lowest BCUT2D eigenvalue weighted by atomic mass is 9.90. The van der Waals surface area contributed by atoms with Gasteiger partial charge in [-0.1, -0.05) is 115 Å². The van der Waals surface area contributed by atoms with Crippen LogP contribution in [0.4, 0.5) is 13.2 Å². The predicted octanol–water partition coefficient (Wildman–Crippen LogP) is 5.61. The molecule has 0 unspecified atom stereocenters. The largest absolute Gasteiger partial charge is 0.417 e. The Morgan fingerprint density at radius 2 is 1.25 bits per heavy atom. The van der Waals surface area contributed by atoms with Gasteiger partial charge in [0.05, 0.1) is 23.6 Å². The molecule has 28 heteroatoms. The molecule has 101 heavy (non-hydrogen) atoms. The number of carbonyl (C=O) groups is 12. The smallest absolute Gasteiger partial charge is 0.343 e. The van der Waals surface area contributed by atoms with E-state index in [1.54, 1.807) is 30.9 Å². The minimum absolute atomic E-state index is 0.0181. The van der Waals surface area contributed by atoms with Crippen molar-refractivity contribution in [3.05, 3.63) is 69.7 Å². The number of carbonyl (C=O) groups excluding carboxylic acids is 12. The summed E-state index contributed by atoms with van der Waals surface area (Å²) in [6, 6.07) is -0.925. The lowest BCUT2D eigenvalue weighted by Crippen LogP contribution is -2.65. The first-order chi connectivity index (χ1) is 47.5. The second-order valence-electron chi connectivity index (χ2n) is 29.2. The van der Waals surface area contributed by atoms with Crippen LogP contribution in [0.2, 0.25) is 5.02 Å². The first kappa shape index (κ1) is 80.5. The summed E-state index contributed by atoms with van der Waals surface area (Å²) in [5.74, 6) is -9.19. The molecule has 24 nitrogen and oxygen atoms in total. The second-order valence-corrected chi connectivity index (χ2v) is 29.6. The molecule has 2 aromatic carbocycles. The van der Waals surface area contributed by atoms with Crippen molar-refractivity contribution in [1.82, 2.24) is 60.0 Å². The summed E-state index contributed by atoms with van der Waals surface area (Å²) in [7, 11) is 8.48. The molecule has 1 spiro atoms. The Bertz CT molecular complexity index is 3380. The molecule has 0 radical (unpaired) electrons. The Kier molecular flexibility index (Phi) is 27.4. The number of amides is 12. The highest BCUT2D eigenvalue weighted by Crippen LogP contribution is 2.37. The SMILES string of the molecule is CC[C@H](C)[C@@H]1NC(=O)[C@H](CC(C)C)N(C)C(=O)C[C@@H](C(=O)N2CCCC2)N(C)C(=O)[C@H]([C@@H](C)CC)N(C)C(=O)C2(CCCC2)NC(=O)[C@@H]2CCCN2C(=O)[C@H](CCc2ccc(C(F)(F)F)c(Cl)c2)NC(=O)CN(C)C(=O)[C@H](Cc2ccc(C)cc2)N(C)C(=O)[C@@H]2CCN2C(=O)[C@H](C)N(C)C1=O. The molecular weight excluding hydrogens is 1330 g/mol. The van der Waals surface area contributed by atoms with Gasteiger partial charge in [0.25, 0.3) is 0 Å². The van der Waals surface area contributed by atoms with Crippen molar-refractivity contribution in [2.24, 2.45) is 17.8 Å². The molecule has 5 fully saturated rings. The summed E-state index contributed by atoms with van der Waals surface area (Å²) in [5, 5.41) is 8.12. The number of fused-ring (bicyclic) bond motifs is 2. The Morgan fingerprint density at radius 3 is 1.82 bits per heavy atom. The first-order valence-corrected chi connectivity index (χ1v) is 36.2. The number of nitrogens with one attached hydrogen (secondary N) is 3. The van der Waals surface area contributed by atoms with Crippen LogP contribution in [0, 0.1) is 24.7 Å². The van der Waals surface area contributed by atoms with Crippen LogP contribution in [0.5, 0.6) is 0 Å². The van der Waals surface area contributed by atoms with Crippen LogP contribution >= 0.6 is 11.6 Å². The third-order valence-electron chi connectivity index (χ3n) is 21.7. The van der Waals surface area contributed by atoms with E-state index in [0.717, 1.165) is 22.6 Å². The quantitative estimate of drug-likeness (QED) is 0.234. The Hall–Kier alpha value is -7.84. The highest BCUT2D eigenvalue weighted by molar-refractivity contribution is 6.31. The fourth-order valence-electron chi connectivity index (χ4n) is 14.6. The van der Waals surface area contributed by atoms with E-state index in [2.05, 4.69) is 16.0 Å². The molecular formula is C73H106ClF3N12O12. The van der Waals surface area contributed by atoms with Crippen molar-refractivity contribution in [3.8, 4) is 0 Å². The summed E-state index contributed by atoms with van der Waals surface area (Å²) in [6.45, 7) is 14.5. The van der Waals surface area contributed by atoms with Crippen LogP contribution in [-0.4, -0.2) is 250 Å². The van der Waals surface area contributed by atoms with Crippen LogP contribution in [0.3, 0.4) is 0 Å². The normalized spacial score (nSPS) is 26.7. The van der Waals surface area contributed by atoms with Gasteiger partial charge in [0.15, 0.2) is 0 Å². The average Bonchev–Trinajstić information content (AvgIpc) is 1.76. The fourth-order valence-corrected chi connectivity index (χ4v) is 14.9. The van der Waals surface area contributed by atoms with Gasteiger partial charge in [-0.15, -0.1) is 0 Å². The fraction of sp³-hybridized carbons (Fsp3) is 0.671. The third-order valence-corrected chi connectivity index (χ3v) is 22.0. The van der Waals surface area contributed by atoms with Crippen LogP contribution in [0.1, 0.15) is 161 Å². The second kappa shape index (κ2) is 34.4. The number of hydrogen-bond acceptors (Lipinski definition) is 12. The minimum Gasteiger partial charge on any atom is -0.343 e. The predicted molar refractivity (Wildman–Crippen MR) is 373 cm³/mol. The standard InChI is InChI=1S/C73H106ClF3N12O12/c1-15-45(6)60-69(99)82(10)47(8)64(94)89-37-31-54(89)67(97)84(12)56(40-49-25-23-44(5)24-26-49)66(96)81(9)42-58(90)78-52(30-28-48-27-29-50(51(74)39-48)73(75,76)77)65(95)88-36-21-22-53(88)63(93)80-72(32-17-18-33-72)71(101)86(14)61(46(7)16-2)70(100)85(13)57(68(98)87-34-19-20-35-87)41-59(91)83(11)55(38-43(3)4)62(92)79-60/h23-27,29,39,43,45-47,52-57,60-61H,15-22,28,30-38,40-42H2,1-14H3,(H,78,90)(H,79,92)(H,80,93)/t45-,46-,47-,52-,53-,54-,55-,56-,57-,60-,61-/m0/s1. The molecule has 1 saturated carbocycles. The Morgan fingerprint density at radius 1 is 0.634 bits per heavy atom. The molecule has 4 aliphatic heterocycles. The molecule has 0 bridgehead atoms. The van der Waals surface area contributed by atoms with Crippen molar-refractivity contribution in [2.75, 3.05) is 75.0 Å². The van der Waals surface area contributed by atoms with Gasteiger partial charge in [-0.3, -0.25) is 57.5 Å². The number of likely N-dealkylation sites (N-methyl/N-ethyl adjacent to an activating group) is 6. The van der Waals surface area contributed by atoms with Gasteiger partial charge in [-0.05, 0) is 119 Å². The molecule has 4 saturated heterocycles. The van der Waals surface area contributed by atoms with Crippen molar-refractivity contribution in [3.63, 3.8) is 0 Å². The van der Waals surface area contributed by atoms with Crippen molar-refractivity contribution >= 4 is 82.5 Å². The molecule has 5 aliphatic rings. The monoisotopic (exact) mass is 1430 g/mol. The van der Waals surface area contributed by atoms with E-state index in [1.165, 1.54) is 89.6 Å². The van der Waals surface area contributed by atoms with Gasteiger partial charge < -0.3 is 60.0 Å². The number of aryl methyl sites for hydroxylation is 2. The molecule has 558 valence electrons. The van der Waals surface area contributed by atoms with Gasteiger partial charge in [-0.2, -0.15) is 13.2 Å². The van der Waals surface area contributed by atoms with E-state index in [-0.39, 0.29) is 75.9 Å². The van der Waals surface area contributed by atoms with E-state index in [9.17, 15) is 46.7 Å². The maximum atomic E-state index is 15.5. The van der Waals surface area contributed by atoms with Crippen LogP contribution in [0.15, 0.2) is 42.5 Å². The maximum absolute atomic E-state index is 15.5. The van der Waals surface area contributed by atoms with E-state index in [0.29, 0.717) is 63.6 Å². The molecule has 11 atom stereocenters. The molecule has 0 aromatic heterocycles. The van der Waals surface area contributed by atoms with Crippen LogP contribution < -0.4 is 16.0 Å². The molecule has 3 N–H and O–H groups in total. The molecule has 2 aromatic rings. The zero-order chi connectivity index (χ0) is 74.9. The number of halogens is 4. The number of likely N-dealkylation sites (tertiary alicyclic amines) is 1. The maximum Gasteiger partial charge on any atom is 0.417 e. The van der Waals surface area contributed by atoms with E-state index in [4.69, 9.17) is 11.6 Å². The van der Waals surface area contributed by atoms with Gasteiger partial charge >= 0.3 is 6.18 Å². The van der Waals surface area contributed by atoms with Gasteiger partial charge in [0.1, 0.15) is 59.9 Å². The summed E-state index contributed by atoms with van der Waals surface area (Å²) < 4.78 is 41.7. The number of rotatable bonds is 12. The number of alkyl halides is 3. The molecule has 7 rings (SSSR count). The lowest BCUT2D eigenvalue weighted by Gasteiger charge is -2.45. The zero-order valence-corrected chi connectivity index (χ0v) is 62.0. The Labute approximate surface area is 597 Å². The minimum atomic E-state index is -4.77. The lowest BCUT2D eigenvalue weighted by molar-refractivity contribution is -0.160. The van der Waals surface area contributed by atoms with Gasteiger partial charge in [-0.25, -0.2) is 0 Å². The topological polar surface area (TPSA) is 270 Å². The van der Waals surface area contributed by atoms with Crippen molar-refractivity contribution in [2.45, 2.75) is 224 Å². The first-order valence-electron chi connectivity index (χ1n) is 35.8. The van der Waals surface area contributed by atoms with Crippen LogP contribution in [0.25, 0.3) is 0 Å². The summed E-state index contributed by atoms with van der Waals surface area (Å²) in [6.07, 6.45) is -1.55. The number of nitrogens with zero attached hydrogens (tertiary/aromatic N) is 9. The summed E-state index contributed by atoms with van der Waals surface area (Å²) >= 11 is 6.16. The van der Waals surface area contributed by atoms with Crippen molar-refractivity contribution < 1.29 is 70.7 Å². The number of hydrogen-bond donors (Lipinski definition) is 3. The third kappa shape index (κ3) is 18.7. The van der Waals surface area contributed by atoms with Gasteiger partial charge in [0.2, 0.25) is 70.9 Å². The highest BCUT2D eigenvalue weighted by atomic mass is 35.5. The highest BCUT2D eigenvalue weighted by Gasteiger charge is 2.52. The zero-order valence-electron chi connectivity index (χ0n) is 61.3. The van der Waals surface area contributed by atoms with Crippen molar-refractivity contribution in [1.29, 1.82) is 0 Å². The number of benzene rings is 2. The van der Waals surface area contributed by atoms with Gasteiger partial charge in [0, 0.05) is 74.9 Å². The molecule has 12 amide bonds. The summed E-state index contributed by atoms with van der Waals surface area (Å²) in [5.41, 5.74) is -0.822. The molecule has 4 heterocycles. The van der Waals surface area contributed by atoms with E-state index >= 15 is 24.0 Å². The summed E-state index contributed by atoms with van der Waals surface area (Å²) in [4.78, 5) is 192. The average molecular weight is 1440 g/mol. The van der Waals surface area contributed by atoms with Crippen LogP contribution in [-0.2, 0) is 76.6 Å².